The van der Waals surface area contributed by atoms with Crippen molar-refractivity contribution >= 4 is 42.9 Å². The maximum Gasteiger partial charge on any atom is 0.0888 e. The van der Waals surface area contributed by atoms with Crippen LogP contribution in [0.2, 0.25) is 0 Å². The summed E-state index contributed by atoms with van der Waals surface area (Å²) in [5.41, 5.74) is 2.23. The molecule has 3 heteroatoms. The summed E-state index contributed by atoms with van der Waals surface area (Å²) < 4.78 is 0.887. The first-order valence-electron chi connectivity index (χ1n) is 5.45. The first kappa shape index (κ1) is 13.4. The summed E-state index contributed by atoms with van der Waals surface area (Å²) in [6.45, 7) is 4.07. The van der Waals surface area contributed by atoms with Crippen molar-refractivity contribution in [3.8, 4) is 0 Å². The standard InChI is InChI=1S/C15H12S3/c1-12(13-8-4-2-5-9-13)17-18-15(16)14-10-6-3-7-11-14/h2-11H,1H2. The van der Waals surface area contributed by atoms with Gasteiger partial charge in [0.25, 0.3) is 0 Å². The summed E-state index contributed by atoms with van der Waals surface area (Å²) in [7, 11) is 3.19. The van der Waals surface area contributed by atoms with Crippen molar-refractivity contribution in [3.05, 3.63) is 78.4 Å². The van der Waals surface area contributed by atoms with Gasteiger partial charge in [-0.05, 0) is 21.9 Å². The number of rotatable bonds is 4. The van der Waals surface area contributed by atoms with Crippen molar-refractivity contribution in [3.63, 3.8) is 0 Å². The van der Waals surface area contributed by atoms with Crippen LogP contribution in [0.5, 0.6) is 0 Å². The molecule has 0 atom stereocenters. The first-order valence-corrected chi connectivity index (χ1v) is 8.01. The average molecular weight is 288 g/mol. The van der Waals surface area contributed by atoms with Crippen molar-refractivity contribution in [2.45, 2.75) is 0 Å². The molecule has 0 N–H and O–H groups in total. The minimum Gasteiger partial charge on any atom is -0.0839 e. The molecule has 0 amide bonds. The highest BCUT2D eigenvalue weighted by atomic mass is 33.1. The Hall–Kier alpha value is -1.03. The Bertz CT molecular complexity index is 481. The highest BCUT2D eigenvalue weighted by Crippen LogP contribution is 2.37. The normalized spacial score (nSPS) is 10.0. The fraction of sp³-hybridized carbons (Fsp3) is 0. The Kier molecular flexibility index (Phi) is 5.05. The third-order valence-corrected chi connectivity index (χ3v) is 5.39. The van der Waals surface area contributed by atoms with Crippen LogP contribution in [0, 0.1) is 0 Å². The number of hydrogen-bond acceptors (Lipinski definition) is 3. The monoisotopic (exact) mass is 288 g/mol. The van der Waals surface area contributed by atoms with E-state index in [0.29, 0.717) is 0 Å². The molecule has 2 aromatic carbocycles. The lowest BCUT2D eigenvalue weighted by atomic mass is 10.2. The van der Waals surface area contributed by atoms with E-state index in [1.54, 1.807) is 21.6 Å². The molecule has 0 nitrogen and oxygen atoms in total. The van der Waals surface area contributed by atoms with Gasteiger partial charge in [0.05, 0.1) is 4.20 Å². The van der Waals surface area contributed by atoms with E-state index >= 15 is 0 Å². The highest BCUT2D eigenvalue weighted by Gasteiger charge is 2.05. The molecule has 90 valence electrons. The van der Waals surface area contributed by atoms with E-state index in [9.17, 15) is 0 Å². The molecule has 0 heterocycles. The minimum atomic E-state index is 0.887. The Morgan fingerprint density at radius 2 is 1.28 bits per heavy atom. The molecule has 18 heavy (non-hydrogen) atoms. The van der Waals surface area contributed by atoms with Gasteiger partial charge in [0.15, 0.2) is 0 Å². The predicted molar refractivity (Wildman–Crippen MR) is 88.8 cm³/mol. The molecule has 0 aliphatic rings. The minimum absolute atomic E-state index is 0.887. The fourth-order valence-electron chi connectivity index (χ4n) is 1.38. The van der Waals surface area contributed by atoms with E-state index in [0.717, 1.165) is 20.2 Å². The first-order chi connectivity index (χ1) is 8.77. The molecule has 0 radical (unpaired) electrons. The topological polar surface area (TPSA) is 0 Å². The van der Waals surface area contributed by atoms with Gasteiger partial charge in [0.2, 0.25) is 0 Å². The molecule has 0 aliphatic heterocycles. The molecule has 0 saturated heterocycles. The summed E-state index contributed by atoms with van der Waals surface area (Å²) in [5.74, 6) is 0. The molecule has 0 unspecified atom stereocenters. The fourth-order valence-corrected chi connectivity index (χ4v) is 3.57. The SMILES string of the molecule is C=C(SSC(=S)c1ccccc1)c1ccccc1. The molecule has 0 aliphatic carbocycles. The Morgan fingerprint density at radius 3 is 1.83 bits per heavy atom. The van der Waals surface area contributed by atoms with Gasteiger partial charge in [-0.2, -0.15) is 0 Å². The summed E-state index contributed by atoms with van der Waals surface area (Å²) in [6, 6.07) is 20.2. The van der Waals surface area contributed by atoms with Gasteiger partial charge < -0.3 is 0 Å². The van der Waals surface area contributed by atoms with Crippen molar-refractivity contribution in [2.75, 3.05) is 0 Å². The number of benzene rings is 2. The van der Waals surface area contributed by atoms with Crippen LogP contribution in [0.4, 0.5) is 0 Å². The van der Waals surface area contributed by atoms with Crippen LogP contribution in [0.25, 0.3) is 4.91 Å². The summed E-state index contributed by atoms with van der Waals surface area (Å²) in [5, 5.41) is 0. The van der Waals surface area contributed by atoms with Crippen molar-refractivity contribution in [1.82, 2.24) is 0 Å². The van der Waals surface area contributed by atoms with Crippen LogP contribution >= 0.6 is 33.8 Å². The molecular weight excluding hydrogens is 276 g/mol. The van der Waals surface area contributed by atoms with Crippen LogP contribution in [0.1, 0.15) is 11.1 Å². The van der Waals surface area contributed by atoms with Gasteiger partial charge in [-0.15, -0.1) is 0 Å². The van der Waals surface area contributed by atoms with E-state index < -0.39 is 0 Å². The van der Waals surface area contributed by atoms with Crippen molar-refractivity contribution in [1.29, 1.82) is 0 Å². The predicted octanol–water partition coefficient (Wildman–Crippen LogP) is 5.41. The Labute approximate surface area is 121 Å². The molecule has 0 aromatic heterocycles. The molecule has 0 saturated carbocycles. The lowest BCUT2D eigenvalue weighted by molar-refractivity contribution is 1.66. The summed E-state index contributed by atoms with van der Waals surface area (Å²) in [4.78, 5) is 1.03. The smallest absolute Gasteiger partial charge is 0.0839 e. The maximum atomic E-state index is 5.39. The van der Waals surface area contributed by atoms with E-state index in [1.807, 2.05) is 48.5 Å². The van der Waals surface area contributed by atoms with Crippen LogP contribution in [0.15, 0.2) is 67.2 Å². The largest absolute Gasteiger partial charge is 0.0888 e. The van der Waals surface area contributed by atoms with E-state index in [2.05, 4.69) is 18.7 Å². The molecule has 2 rings (SSSR count). The molecule has 2 aromatic rings. The second-order valence-electron chi connectivity index (χ2n) is 3.61. The number of thiocarbonyl (C=S) groups is 1. The van der Waals surface area contributed by atoms with E-state index in [4.69, 9.17) is 12.2 Å². The van der Waals surface area contributed by atoms with Gasteiger partial charge in [-0.3, -0.25) is 0 Å². The molecule has 0 fully saturated rings. The van der Waals surface area contributed by atoms with Gasteiger partial charge in [-0.25, -0.2) is 0 Å². The molecule has 0 bridgehead atoms. The van der Waals surface area contributed by atoms with E-state index in [1.165, 1.54) is 0 Å². The van der Waals surface area contributed by atoms with Crippen LogP contribution in [-0.2, 0) is 0 Å². The molecular formula is C15H12S3. The van der Waals surface area contributed by atoms with Gasteiger partial charge in [-0.1, -0.05) is 90.3 Å². The highest BCUT2D eigenvalue weighted by molar-refractivity contribution is 8.86. The Balaban J connectivity index is 1.93. The van der Waals surface area contributed by atoms with Gasteiger partial charge in [0, 0.05) is 4.91 Å². The zero-order chi connectivity index (χ0) is 12.8. The zero-order valence-electron chi connectivity index (χ0n) is 9.71. The molecule has 0 spiro atoms. The Morgan fingerprint density at radius 1 is 0.778 bits per heavy atom. The third-order valence-electron chi connectivity index (χ3n) is 2.32. The van der Waals surface area contributed by atoms with Gasteiger partial charge in [0.1, 0.15) is 0 Å². The second-order valence-corrected chi connectivity index (χ2v) is 6.51. The lowest BCUT2D eigenvalue weighted by Crippen LogP contribution is -1.88. The zero-order valence-corrected chi connectivity index (χ0v) is 12.2. The average Bonchev–Trinajstić information content (AvgIpc) is 2.46. The third kappa shape index (κ3) is 3.73. The van der Waals surface area contributed by atoms with Crippen LogP contribution in [0.3, 0.4) is 0 Å². The maximum absolute atomic E-state index is 5.39. The lowest BCUT2D eigenvalue weighted by Gasteiger charge is -2.05. The summed E-state index contributed by atoms with van der Waals surface area (Å²) in [6.07, 6.45) is 0. The second kappa shape index (κ2) is 6.78. The summed E-state index contributed by atoms with van der Waals surface area (Å²) >= 11 is 5.39. The van der Waals surface area contributed by atoms with Crippen LogP contribution < -0.4 is 0 Å². The van der Waals surface area contributed by atoms with Crippen molar-refractivity contribution in [2.24, 2.45) is 0 Å². The van der Waals surface area contributed by atoms with Crippen molar-refractivity contribution < 1.29 is 0 Å². The van der Waals surface area contributed by atoms with E-state index in [-0.39, 0.29) is 0 Å². The number of hydrogen-bond donors (Lipinski definition) is 0. The van der Waals surface area contributed by atoms with Crippen LogP contribution in [-0.4, -0.2) is 4.20 Å². The quantitative estimate of drug-likeness (QED) is 0.545. The van der Waals surface area contributed by atoms with Gasteiger partial charge >= 0.3 is 0 Å².